The van der Waals surface area contributed by atoms with Crippen LogP contribution in [0.2, 0.25) is 0 Å². The number of fused-ring (bicyclic) bond motifs is 1. The fraction of sp³-hybridized carbons (Fsp3) is 0.385. The molecule has 0 amide bonds. The molecular formula is C13H15NO. The van der Waals surface area contributed by atoms with Gasteiger partial charge < -0.3 is 9.72 Å². The molecule has 78 valence electrons. The summed E-state index contributed by atoms with van der Waals surface area (Å²) in [5.74, 6) is 0. The number of aromatic nitrogens is 1. The smallest absolute Gasteiger partial charge is 0.0845 e. The van der Waals surface area contributed by atoms with Crippen molar-refractivity contribution in [2.24, 2.45) is 0 Å². The Labute approximate surface area is 89.3 Å². The summed E-state index contributed by atoms with van der Waals surface area (Å²) in [6.45, 7) is 0.907. The molecule has 15 heavy (non-hydrogen) atoms. The van der Waals surface area contributed by atoms with Crippen LogP contribution in [0.1, 0.15) is 30.9 Å². The Morgan fingerprint density at radius 3 is 3.00 bits per heavy atom. The summed E-state index contributed by atoms with van der Waals surface area (Å²) in [4.78, 5) is 3.31. The summed E-state index contributed by atoms with van der Waals surface area (Å²) in [7, 11) is 0. The van der Waals surface area contributed by atoms with Gasteiger partial charge in [0.05, 0.1) is 6.10 Å². The standard InChI is InChI=1S/C13H15NO/c1-2-6-12-10(5-1)11(9-14-12)13-7-3-4-8-15-13/h1-2,5-6,9,13-14H,3-4,7-8H2. The van der Waals surface area contributed by atoms with Gasteiger partial charge in [0.15, 0.2) is 0 Å². The molecule has 0 bridgehead atoms. The van der Waals surface area contributed by atoms with Gasteiger partial charge in [0, 0.05) is 29.3 Å². The predicted molar refractivity (Wildman–Crippen MR) is 60.8 cm³/mol. The molecule has 1 aromatic carbocycles. The summed E-state index contributed by atoms with van der Waals surface area (Å²) >= 11 is 0. The van der Waals surface area contributed by atoms with E-state index in [9.17, 15) is 0 Å². The molecule has 1 unspecified atom stereocenters. The number of rotatable bonds is 1. The second kappa shape index (κ2) is 3.70. The third-order valence-corrected chi connectivity index (χ3v) is 3.15. The van der Waals surface area contributed by atoms with Crippen molar-refractivity contribution in [3.63, 3.8) is 0 Å². The molecule has 2 heterocycles. The molecule has 1 atom stereocenters. The van der Waals surface area contributed by atoms with E-state index in [2.05, 4.69) is 35.4 Å². The largest absolute Gasteiger partial charge is 0.373 e. The second-order valence-corrected chi connectivity index (χ2v) is 4.14. The summed E-state index contributed by atoms with van der Waals surface area (Å²) in [5.41, 5.74) is 2.53. The predicted octanol–water partition coefficient (Wildman–Crippen LogP) is 3.41. The molecule has 1 aliphatic heterocycles. The van der Waals surface area contributed by atoms with Gasteiger partial charge >= 0.3 is 0 Å². The Balaban J connectivity index is 2.02. The minimum atomic E-state index is 0.301. The first-order valence-corrected chi connectivity index (χ1v) is 5.63. The monoisotopic (exact) mass is 201 g/mol. The fourth-order valence-corrected chi connectivity index (χ4v) is 2.35. The lowest BCUT2D eigenvalue weighted by Gasteiger charge is -2.22. The molecule has 0 saturated carbocycles. The molecule has 1 fully saturated rings. The number of benzene rings is 1. The maximum absolute atomic E-state index is 5.81. The average Bonchev–Trinajstić information content (AvgIpc) is 2.74. The minimum absolute atomic E-state index is 0.301. The van der Waals surface area contributed by atoms with Gasteiger partial charge in [-0.2, -0.15) is 0 Å². The molecule has 1 saturated heterocycles. The lowest BCUT2D eigenvalue weighted by molar-refractivity contribution is 0.0158. The van der Waals surface area contributed by atoms with Crippen LogP contribution >= 0.6 is 0 Å². The number of hydrogen-bond donors (Lipinski definition) is 1. The number of ether oxygens (including phenoxy) is 1. The second-order valence-electron chi connectivity index (χ2n) is 4.14. The Hall–Kier alpha value is -1.28. The van der Waals surface area contributed by atoms with Crippen LogP contribution in [0.3, 0.4) is 0 Å². The van der Waals surface area contributed by atoms with Crippen molar-refractivity contribution in [3.8, 4) is 0 Å². The molecule has 3 rings (SSSR count). The first-order valence-electron chi connectivity index (χ1n) is 5.63. The van der Waals surface area contributed by atoms with Crippen LogP contribution in [0, 0.1) is 0 Å². The van der Waals surface area contributed by atoms with Crippen molar-refractivity contribution in [2.45, 2.75) is 25.4 Å². The van der Waals surface area contributed by atoms with Crippen LogP contribution < -0.4 is 0 Å². The summed E-state index contributed by atoms with van der Waals surface area (Å²) < 4.78 is 5.81. The maximum atomic E-state index is 5.81. The van der Waals surface area contributed by atoms with Crippen molar-refractivity contribution < 1.29 is 4.74 Å². The van der Waals surface area contributed by atoms with E-state index in [1.165, 1.54) is 29.3 Å². The Kier molecular flexibility index (Phi) is 2.22. The van der Waals surface area contributed by atoms with Crippen molar-refractivity contribution in [1.29, 1.82) is 0 Å². The minimum Gasteiger partial charge on any atom is -0.373 e. The lowest BCUT2D eigenvalue weighted by atomic mass is 10.0. The van der Waals surface area contributed by atoms with Crippen molar-refractivity contribution >= 4 is 10.9 Å². The SMILES string of the molecule is c1ccc2c(C3CCCCO3)c[nH]c2c1. The highest BCUT2D eigenvalue weighted by atomic mass is 16.5. The van der Waals surface area contributed by atoms with Crippen molar-refractivity contribution in [3.05, 3.63) is 36.0 Å². The van der Waals surface area contributed by atoms with E-state index in [4.69, 9.17) is 4.74 Å². The van der Waals surface area contributed by atoms with E-state index in [-0.39, 0.29) is 0 Å². The van der Waals surface area contributed by atoms with Crippen LogP contribution in [-0.4, -0.2) is 11.6 Å². The van der Waals surface area contributed by atoms with Gasteiger partial charge in [-0.05, 0) is 25.3 Å². The lowest BCUT2D eigenvalue weighted by Crippen LogP contribution is -2.10. The van der Waals surface area contributed by atoms with Gasteiger partial charge in [-0.3, -0.25) is 0 Å². The first kappa shape index (κ1) is 8.98. The molecular weight excluding hydrogens is 186 g/mol. The number of H-pyrrole nitrogens is 1. The van der Waals surface area contributed by atoms with Gasteiger partial charge in [0.2, 0.25) is 0 Å². The van der Waals surface area contributed by atoms with E-state index in [0.717, 1.165) is 13.0 Å². The third-order valence-electron chi connectivity index (χ3n) is 3.15. The molecule has 2 aromatic rings. The first-order chi connectivity index (χ1) is 7.45. The maximum Gasteiger partial charge on any atom is 0.0845 e. The van der Waals surface area contributed by atoms with E-state index in [1.54, 1.807) is 0 Å². The summed E-state index contributed by atoms with van der Waals surface area (Å²) in [6, 6.07) is 8.42. The van der Waals surface area contributed by atoms with Gasteiger partial charge in [0.25, 0.3) is 0 Å². The van der Waals surface area contributed by atoms with E-state index < -0.39 is 0 Å². The number of hydrogen-bond acceptors (Lipinski definition) is 1. The normalized spacial score (nSPS) is 22.0. The van der Waals surface area contributed by atoms with Crippen LogP contribution in [0.15, 0.2) is 30.5 Å². The Bertz CT molecular complexity index is 454. The van der Waals surface area contributed by atoms with Gasteiger partial charge in [-0.25, -0.2) is 0 Å². The molecule has 0 aliphatic carbocycles. The molecule has 2 nitrogen and oxygen atoms in total. The van der Waals surface area contributed by atoms with E-state index in [0.29, 0.717) is 6.10 Å². The van der Waals surface area contributed by atoms with Gasteiger partial charge in [-0.15, -0.1) is 0 Å². The zero-order valence-corrected chi connectivity index (χ0v) is 8.70. The van der Waals surface area contributed by atoms with Crippen LogP contribution in [0.5, 0.6) is 0 Å². The molecule has 1 N–H and O–H groups in total. The Morgan fingerprint density at radius 1 is 1.20 bits per heavy atom. The molecule has 1 aliphatic rings. The molecule has 1 aromatic heterocycles. The number of para-hydroxylation sites is 1. The Morgan fingerprint density at radius 2 is 2.13 bits per heavy atom. The quantitative estimate of drug-likeness (QED) is 0.751. The zero-order valence-electron chi connectivity index (χ0n) is 8.70. The molecule has 2 heteroatoms. The third kappa shape index (κ3) is 1.55. The van der Waals surface area contributed by atoms with Gasteiger partial charge in [-0.1, -0.05) is 18.2 Å². The van der Waals surface area contributed by atoms with Crippen LogP contribution in [0.25, 0.3) is 10.9 Å². The van der Waals surface area contributed by atoms with E-state index >= 15 is 0 Å². The summed E-state index contributed by atoms with van der Waals surface area (Å²) in [6.07, 6.45) is 6.04. The molecule has 0 radical (unpaired) electrons. The number of nitrogens with one attached hydrogen (secondary N) is 1. The average molecular weight is 201 g/mol. The van der Waals surface area contributed by atoms with Crippen LogP contribution in [-0.2, 0) is 4.74 Å². The number of aromatic amines is 1. The molecule has 0 spiro atoms. The van der Waals surface area contributed by atoms with Crippen molar-refractivity contribution in [1.82, 2.24) is 4.98 Å². The highest BCUT2D eigenvalue weighted by Gasteiger charge is 2.18. The van der Waals surface area contributed by atoms with E-state index in [1.807, 2.05) is 0 Å². The topological polar surface area (TPSA) is 25.0 Å². The zero-order chi connectivity index (χ0) is 10.1. The highest BCUT2D eigenvalue weighted by Crippen LogP contribution is 2.32. The summed E-state index contributed by atoms with van der Waals surface area (Å²) in [5, 5.41) is 1.31. The highest BCUT2D eigenvalue weighted by molar-refractivity contribution is 5.83. The van der Waals surface area contributed by atoms with Crippen LogP contribution in [0.4, 0.5) is 0 Å². The fourth-order valence-electron chi connectivity index (χ4n) is 2.35. The van der Waals surface area contributed by atoms with Crippen molar-refractivity contribution in [2.75, 3.05) is 6.61 Å². The van der Waals surface area contributed by atoms with Gasteiger partial charge in [0.1, 0.15) is 0 Å².